The van der Waals surface area contributed by atoms with Crippen molar-refractivity contribution in [3.8, 4) is 5.75 Å². The molecular weight excluding hydrogens is 499 g/mol. The van der Waals surface area contributed by atoms with Gasteiger partial charge in [-0.05, 0) is 60.4 Å². The fraction of sp³-hybridized carbons (Fsp3) is 0.320. The topological polar surface area (TPSA) is 97.0 Å². The molecular formula is C25H24F3NO6S. The van der Waals surface area contributed by atoms with Gasteiger partial charge in [0.1, 0.15) is 18.4 Å². The predicted molar refractivity (Wildman–Crippen MR) is 123 cm³/mol. The lowest BCUT2D eigenvalue weighted by atomic mass is 10.0. The Morgan fingerprint density at radius 2 is 1.83 bits per heavy atom. The Hall–Kier alpha value is -3.15. The molecule has 2 atom stereocenters. The van der Waals surface area contributed by atoms with Crippen molar-refractivity contribution in [3.63, 3.8) is 0 Å². The lowest BCUT2D eigenvalue weighted by molar-refractivity contribution is -0.137. The fourth-order valence-electron chi connectivity index (χ4n) is 4.08. The Morgan fingerprint density at radius 1 is 1.08 bits per heavy atom. The average molecular weight is 524 g/mol. The van der Waals surface area contributed by atoms with E-state index in [2.05, 4.69) is 0 Å². The van der Waals surface area contributed by atoms with Gasteiger partial charge in [-0.2, -0.15) is 17.5 Å². The summed E-state index contributed by atoms with van der Waals surface area (Å²) in [5.41, 5.74) is 0.582. The van der Waals surface area contributed by atoms with Crippen LogP contribution in [0.15, 0.2) is 76.4 Å². The van der Waals surface area contributed by atoms with Gasteiger partial charge in [-0.3, -0.25) is 4.79 Å². The number of sulfonamides is 1. The zero-order valence-electron chi connectivity index (χ0n) is 19.0. The SMILES string of the molecule is O=C(CCc1cccc(OCc2ccc(C(F)(F)F)cc2)c1)[C@@H]1[C@@H](O)CCN1S(=O)(=O)c1ccco1. The van der Waals surface area contributed by atoms with Crippen LogP contribution in [0.1, 0.15) is 29.5 Å². The number of rotatable bonds is 9. The number of alkyl halides is 3. The monoisotopic (exact) mass is 523 g/mol. The molecule has 36 heavy (non-hydrogen) atoms. The molecule has 0 saturated carbocycles. The standard InChI is InChI=1S/C25H24F3NO6S/c26-25(27,28)19-9-6-18(7-10-19)16-35-20-4-1-3-17(15-20)8-11-21(30)24-22(31)12-13-29(24)36(32,33)23-5-2-14-34-23/h1-7,9-10,14-15,22,24,31H,8,11-13,16H2/t22-,24+/m0/s1. The molecule has 11 heteroatoms. The number of ketones is 1. The predicted octanol–water partition coefficient (Wildman–Crippen LogP) is 4.20. The molecule has 2 aromatic carbocycles. The lowest BCUT2D eigenvalue weighted by Gasteiger charge is -2.23. The van der Waals surface area contributed by atoms with Crippen LogP contribution in [-0.2, 0) is 34.0 Å². The summed E-state index contributed by atoms with van der Waals surface area (Å²) in [5, 5.41) is 10.0. The highest BCUT2D eigenvalue weighted by Crippen LogP contribution is 2.30. The molecule has 1 N–H and O–H groups in total. The van der Waals surface area contributed by atoms with Crippen molar-refractivity contribution < 1.29 is 40.6 Å². The summed E-state index contributed by atoms with van der Waals surface area (Å²) < 4.78 is 75.4. The maximum Gasteiger partial charge on any atom is 0.416 e. The normalized spacial score (nSPS) is 18.9. The molecule has 3 aromatic rings. The highest BCUT2D eigenvalue weighted by molar-refractivity contribution is 7.89. The van der Waals surface area contributed by atoms with Gasteiger partial charge in [0.05, 0.1) is 17.9 Å². The molecule has 4 rings (SSSR count). The Balaban J connectivity index is 1.36. The van der Waals surface area contributed by atoms with Crippen LogP contribution in [0.4, 0.5) is 13.2 Å². The van der Waals surface area contributed by atoms with Gasteiger partial charge in [0.25, 0.3) is 10.0 Å². The van der Waals surface area contributed by atoms with E-state index < -0.39 is 39.7 Å². The minimum atomic E-state index is -4.40. The van der Waals surface area contributed by atoms with Gasteiger partial charge in [-0.15, -0.1) is 0 Å². The number of carbonyl (C=O) groups excluding carboxylic acids is 1. The molecule has 0 aliphatic carbocycles. The molecule has 0 spiro atoms. The van der Waals surface area contributed by atoms with E-state index in [1.54, 1.807) is 24.3 Å². The quantitative estimate of drug-likeness (QED) is 0.452. The van der Waals surface area contributed by atoms with Crippen LogP contribution in [0.5, 0.6) is 5.75 Å². The smallest absolute Gasteiger partial charge is 0.416 e. The number of hydrogen-bond donors (Lipinski definition) is 1. The summed E-state index contributed by atoms with van der Waals surface area (Å²) in [6.45, 7) is 0.0717. The van der Waals surface area contributed by atoms with Crippen molar-refractivity contribution in [3.05, 3.63) is 83.6 Å². The van der Waals surface area contributed by atoms with Crippen LogP contribution in [0, 0.1) is 0 Å². The maximum atomic E-state index is 12.9. The van der Waals surface area contributed by atoms with Crippen LogP contribution < -0.4 is 4.74 Å². The summed E-state index contributed by atoms with van der Waals surface area (Å²) in [5.74, 6) is 0.0639. The van der Waals surface area contributed by atoms with E-state index in [1.165, 1.54) is 30.5 Å². The first-order chi connectivity index (χ1) is 17.1. The van der Waals surface area contributed by atoms with Gasteiger partial charge in [0.15, 0.2) is 5.78 Å². The summed E-state index contributed by atoms with van der Waals surface area (Å²) in [7, 11) is -4.05. The minimum absolute atomic E-state index is 0.00570. The molecule has 7 nitrogen and oxygen atoms in total. The van der Waals surface area contributed by atoms with Crippen molar-refractivity contribution in [2.45, 2.75) is 49.3 Å². The number of halogens is 3. The van der Waals surface area contributed by atoms with E-state index >= 15 is 0 Å². The van der Waals surface area contributed by atoms with Crippen molar-refractivity contribution in [1.82, 2.24) is 4.31 Å². The second-order valence-corrected chi connectivity index (χ2v) is 10.3. The third-order valence-electron chi connectivity index (χ3n) is 5.95. The molecule has 1 saturated heterocycles. The average Bonchev–Trinajstić information content (AvgIpc) is 3.52. The van der Waals surface area contributed by atoms with Crippen molar-refractivity contribution in [1.29, 1.82) is 0 Å². The molecule has 0 unspecified atom stereocenters. The Kier molecular flexibility index (Phi) is 7.53. The fourth-order valence-corrected chi connectivity index (χ4v) is 5.64. The molecule has 0 bridgehead atoms. The third kappa shape index (κ3) is 5.80. The van der Waals surface area contributed by atoms with Crippen molar-refractivity contribution in [2.75, 3.05) is 6.54 Å². The first-order valence-corrected chi connectivity index (χ1v) is 12.6. The molecule has 1 aliphatic heterocycles. The minimum Gasteiger partial charge on any atom is -0.489 e. The number of nitrogens with zero attached hydrogens (tertiary/aromatic N) is 1. The van der Waals surface area contributed by atoms with Crippen LogP contribution in [0.25, 0.3) is 0 Å². The van der Waals surface area contributed by atoms with Crippen LogP contribution >= 0.6 is 0 Å². The first-order valence-electron chi connectivity index (χ1n) is 11.2. The van der Waals surface area contributed by atoms with Crippen LogP contribution in [-0.4, -0.2) is 42.3 Å². The van der Waals surface area contributed by atoms with E-state index in [0.717, 1.165) is 22.0 Å². The van der Waals surface area contributed by atoms with Gasteiger partial charge >= 0.3 is 6.18 Å². The molecule has 2 heterocycles. The second kappa shape index (κ2) is 10.5. The maximum absolute atomic E-state index is 12.9. The second-order valence-electron chi connectivity index (χ2n) is 8.45. The number of aryl methyl sites for hydroxylation is 1. The van der Waals surface area contributed by atoms with E-state index in [-0.39, 0.29) is 37.5 Å². The number of carbonyl (C=O) groups is 1. The number of furan rings is 1. The van der Waals surface area contributed by atoms with E-state index in [0.29, 0.717) is 11.3 Å². The lowest BCUT2D eigenvalue weighted by Crippen LogP contribution is -2.45. The first kappa shape index (κ1) is 25.9. The Labute approximate surface area is 206 Å². The molecule has 0 amide bonds. The number of ether oxygens (including phenoxy) is 1. The number of aliphatic hydroxyl groups excluding tert-OH is 1. The van der Waals surface area contributed by atoms with E-state index in [4.69, 9.17) is 9.15 Å². The largest absolute Gasteiger partial charge is 0.489 e. The third-order valence-corrected chi connectivity index (χ3v) is 7.72. The summed E-state index contributed by atoms with van der Waals surface area (Å²) in [4.78, 5) is 12.9. The Bertz CT molecular complexity index is 1290. The Morgan fingerprint density at radius 3 is 2.50 bits per heavy atom. The highest BCUT2D eigenvalue weighted by atomic mass is 32.2. The molecule has 1 aromatic heterocycles. The number of Topliss-reactive ketones (excluding diaryl/α,β-unsaturated/α-hetero) is 1. The van der Waals surface area contributed by atoms with Crippen LogP contribution in [0.3, 0.4) is 0 Å². The number of aliphatic hydroxyl groups is 1. The van der Waals surface area contributed by atoms with Crippen molar-refractivity contribution >= 4 is 15.8 Å². The van der Waals surface area contributed by atoms with Gasteiger partial charge in [0.2, 0.25) is 5.09 Å². The summed E-state index contributed by atoms with van der Waals surface area (Å²) >= 11 is 0. The zero-order valence-corrected chi connectivity index (χ0v) is 19.8. The molecule has 0 radical (unpaired) electrons. The highest BCUT2D eigenvalue weighted by Gasteiger charge is 2.45. The number of benzene rings is 2. The van der Waals surface area contributed by atoms with E-state index in [1.807, 2.05) is 0 Å². The summed E-state index contributed by atoms with van der Waals surface area (Å²) in [6, 6.07) is 13.1. The molecule has 1 aliphatic rings. The number of hydrogen-bond acceptors (Lipinski definition) is 6. The van der Waals surface area contributed by atoms with Crippen LogP contribution in [0.2, 0.25) is 0 Å². The summed E-state index contributed by atoms with van der Waals surface area (Å²) in [6.07, 6.45) is -3.87. The van der Waals surface area contributed by atoms with Crippen molar-refractivity contribution in [2.24, 2.45) is 0 Å². The van der Waals surface area contributed by atoms with E-state index in [9.17, 15) is 31.5 Å². The van der Waals surface area contributed by atoms with Gasteiger partial charge in [-0.1, -0.05) is 24.3 Å². The van der Waals surface area contributed by atoms with Gasteiger partial charge in [-0.25, -0.2) is 8.42 Å². The molecule has 1 fully saturated rings. The molecule has 192 valence electrons. The van der Waals surface area contributed by atoms with Gasteiger partial charge < -0.3 is 14.3 Å². The zero-order chi connectivity index (χ0) is 25.9. The van der Waals surface area contributed by atoms with Gasteiger partial charge in [0, 0.05) is 13.0 Å².